The third kappa shape index (κ3) is 5.67. The minimum atomic E-state index is -0.719. The largest absolute Gasteiger partial charge is 0.395 e. The molecule has 0 saturated carbocycles. The number of hydrogen-bond acceptors (Lipinski definition) is 4. The molecule has 16 heavy (non-hydrogen) atoms. The van der Waals surface area contributed by atoms with E-state index in [1.54, 1.807) is 0 Å². The van der Waals surface area contributed by atoms with Gasteiger partial charge in [0.2, 0.25) is 0 Å². The summed E-state index contributed by atoms with van der Waals surface area (Å²) in [5.41, 5.74) is 0. The van der Waals surface area contributed by atoms with Crippen LogP contribution in [0.5, 0.6) is 0 Å². The molecule has 0 unspecified atom stereocenters. The summed E-state index contributed by atoms with van der Waals surface area (Å²) in [7, 11) is 0. The maximum atomic E-state index is 11.5. The van der Waals surface area contributed by atoms with Crippen LogP contribution in [0, 0.1) is 5.92 Å². The fourth-order valence-electron chi connectivity index (χ4n) is 1.07. The number of rotatable bonds is 6. The predicted molar refractivity (Wildman–Crippen MR) is 58.6 cm³/mol. The molecule has 94 valence electrons. The summed E-state index contributed by atoms with van der Waals surface area (Å²) in [6.07, 6.45) is 0. The van der Waals surface area contributed by atoms with Gasteiger partial charge in [0.25, 0.3) is 0 Å². The number of aliphatic hydroxyl groups is 2. The van der Waals surface area contributed by atoms with Crippen molar-refractivity contribution in [2.24, 2.45) is 5.92 Å². The molecule has 0 heterocycles. The smallest absolute Gasteiger partial charge is 0.312 e. The van der Waals surface area contributed by atoms with Gasteiger partial charge in [-0.05, 0) is 5.92 Å². The lowest BCUT2D eigenvalue weighted by Crippen LogP contribution is -2.46. The van der Waals surface area contributed by atoms with Crippen molar-refractivity contribution >= 4 is 11.8 Å². The molecule has 0 atom stereocenters. The minimum absolute atomic E-state index is 0.0501. The zero-order valence-corrected chi connectivity index (χ0v) is 9.77. The van der Waals surface area contributed by atoms with Gasteiger partial charge in [-0.15, -0.1) is 0 Å². The Balaban J connectivity index is 4.19. The predicted octanol–water partition coefficient (Wildman–Crippen LogP) is -1.43. The molecule has 0 aromatic rings. The van der Waals surface area contributed by atoms with Crippen molar-refractivity contribution in [1.29, 1.82) is 0 Å². The molecule has 0 bridgehead atoms. The molecule has 0 rings (SSSR count). The first-order chi connectivity index (χ1) is 7.52. The summed E-state index contributed by atoms with van der Waals surface area (Å²) in [4.78, 5) is 24.0. The van der Waals surface area contributed by atoms with E-state index in [-0.39, 0.29) is 32.2 Å². The van der Waals surface area contributed by atoms with Gasteiger partial charge in [-0.2, -0.15) is 0 Å². The SMILES string of the molecule is CC(C)CNC(=O)C(=O)N(CCO)CCO. The van der Waals surface area contributed by atoms with Crippen molar-refractivity contribution in [3.8, 4) is 0 Å². The quantitative estimate of drug-likeness (QED) is 0.490. The van der Waals surface area contributed by atoms with Gasteiger partial charge in [-0.1, -0.05) is 13.8 Å². The highest BCUT2D eigenvalue weighted by Gasteiger charge is 2.20. The van der Waals surface area contributed by atoms with E-state index in [2.05, 4.69) is 5.32 Å². The van der Waals surface area contributed by atoms with Crippen LogP contribution in [-0.4, -0.2) is 59.8 Å². The van der Waals surface area contributed by atoms with E-state index in [9.17, 15) is 9.59 Å². The second kappa shape index (κ2) is 8.06. The molecule has 2 amide bonds. The molecular formula is C10H20N2O4. The van der Waals surface area contributed by atoms with Gasteiger partial charge in [0.15, 0.2) is 0 Å². The first-order valence-electron chi connectivity index (χ1n) is 5.31. The normalized spacial score (nSPS) is 10.3. The van der Waals surface area contributed by atoms with Crippen molar-refractivity contribution in [2.75, 3.05) is 32.8 Å². The Morgan fingerprint density at radius 2 is 1.69 bits per heavy atom. The number of nitrogens with zero attached hydrogens (tertiary/aromatic N) is 1. The van der Waals surface area contributed by atoms with Crippen LogP contribution >= 0.6 is 0 Å². The van der Waals surface area contributed by atoms with Crippen LogP contribution in [-0.2, 0) is 9.59 Å². The Morgan fingerprint density at radius 1 is 1.19 bits per heavy atom. The maximum Gasteiger partial charge on any atom is 0.312 e. The third-order valence-electron chi connectivity index (χ3n) is 1.89. The van der Waals surface area contributed by atoms with Crippen molar-refractivity contribution in [3.05, 3.63) is 0 Å². The van der Waals surface area contributed by atoms with E-state index >= 15 is 0 Å². The molecule has 0 fully saturated rings. The molecule has 6 heteroatoms. The van der Waals surface area contributed by atoms with Crippen LogP contribution in [0.3, 0.4) is 0 Å². The number of amides is 2. The van der Waals surface area contributed by atoms with Gasteiger partial charge < -0.3 is 20.4 Å². The summed E-state index contributed by atoms with van der Waals surface area (Å²) in [5, 5.41) is 19.9. The highest BCUT2D eigenvalue weighted by Crippen LogP contribution is 1.92. The highest BCUT2D eigenvalue weighted by atomic mass is 16.3. The average molecular weight is 232 g/mol. The van der Waals surface area contributed by atoms with E-state index in [0.29, 0.717) is 6.54 Å². The Labute approximate surface area is 95.2 Å². The standard InChI is InChI=1S/C10H20N2O4/c1-8(2)7-11-9(15)10(16)12(3-5-13)4-6-14/h8,13-14H,3-7H2,1-2H3,(H,11,15). The fourth-order valence-corrected chi connectivity index (χ4v) is 1.07. The first-order valence-corrected chi connectivity index (χ1v) is 5.31. The molecule has 0 aliphatic rings. The van der Waals surface area contributed by atoms with Crippen LogP contribution in [0.25, 0.3) is 0 Å². The molecule has 0 radical (unpaired) electrons. The lowest BCUT2D eigenvalue weighted by Gasteiger charge is -2.20. The Hall–Kier alpha value is -1.14. The number of nitrogens with one attached hydrogen (secondary N) is 1. The average Bonchev–Trinajstić information content (AvgIpc) is 2.24. The molecule has 0 aliphatic heterocycles. The summed E-state index contributed by atoms with van der Waals surface area (Å²) in [6.45, 7) is 3.90. The van der Waals surface area contributed by atoms with Gasteiger partial charge in [0, 0.05) is 19.6 Å². The molecule has 0 saturated heterocycles. The van der Waals surface area contributed by atoms with Crippen molar-refractivity contribution < 1.29 is 19.8 Å². The van der Waals surface area contributed by atoms with E-state index < -0.39 is 11.8 Å². The Morgan fingerprint density at radius 3 is 2.06 bits per heavy atom. The van der Waals surface area contributed by atoms with Gasteiger partial charge in [0.1, 0.15) is 0 Å². The van der Waals surface area contributed by atoms with Crippen LogP contribution in [0.2, 0.25) is 0 Å². The first kappa shape index (κ1) is 14.9. The maximum absolute atomic E-state index is 11.5. The van der Waals surface area contributed by atoms with E-state index in [4.69, 9.17) is 10.2 Å². The molecule has 0 spiro atoms. The van der Waals surface area contributed by atoms with Gasteiger partial charge in [-0.25, -0.2) is 0 Å². The Kier molecular flexibility index (Phi) is 7.49. The zero-order valence-electron chi connectivity index (χ0n) is 9.77. The highest BCUT2D eigenvalue weighted by molar-refractivity contribution is 6.35. The van der Waals surface area contributed by atoms with E-state index in [0.717, 1.165) is 4.90 Å². The number of aliphatic hydroxyl groups excluding tert-OH is 2. The van der Waals surface area contributed by atoms with Crippen LogP contribution < -0.4 is 5.32 Å². The van der Waals surface area contributed by atoms with Crippen LogP contribution in [0.15, 0.2) is 0 Å². The molecular weight excluding hydrogens is 212 g/mol. The lowest BCUT2D eigenvalue weighted by molar-refractivity contribution is -0.146. The number of carbonyl (C=O) groups is 2. The van der Waals surface area contributed by atoms with Gasteiger partial charge >= 0.3 is 11.8 Å². The Bertz CT molecular complexity index is 225. The van der Waals surface area contributed by atoms with Crippen molar-refractivity contribution in [3.63, 3.8) is 0 Å². The molecule has 0 aromatic heterocycles. The van der Waals surface area contributed by atoms with Crippen LogP contribution in [0.1, 0.15) is 13.8 Å². The van der Waals surface area contributed by atoms with Crippen LogP contribution in [0.4, 0.5) is 0 Å². The second-order valence-electron chi connectivity index (χ2n) is 3.84. The molecule has 3 N–H and O–H groups in total. The monoisotopic (exact) mass is 232 g/mol. The molecule has 6 nitrogen and oxygen atoms in total. The fraction of sp³-hybridized carbons (Fsp3) is 0.800. The van der Waals surface area contributed by atoms with Gasteiger partial charge in [-0.3, -0.25) is 9.59 Å². The van der Waals surface area contributed by atoms with Crippen molar-refractivity contribution in [1.82, 2.24) is 10.2 Å². The van der Waals surface area contributed by atoms with E-state index in [1.165, 1.54) is 0 Å². The van der Waals surface area contributed by atoms with E-state index in [1.807, 2.05) is 13.8 Å². The summed E-state index contributed by atoms with van der Waals surface area (Å²) in [5.74, 6) is -1.15. The number of hydrogen-bond donors (Lipinski definition) is 3. The topological polar surface area (TPSA) is 89.9 Å². The number of carbonyl (C=O) groups excluding carboxylic acids is 2. The molecule has 0 aromatic carbocycles. The lowest BCUT2D eigenvalue weighted by atomic mass is 10.2. The zero-order chi connectivity index (χ0) is 12.6. The van der Waals surface area contributed by atoms with Gasteiger partial charge in [0.05, 0.1) is 13.2 Å². The minimum Gasteiger partial charge on any atom is -0.395 e. The second-order valence-corrected chi connectivity index (χ2v) is 3.84. The third-order valence-corrected chi connectivity index (χ3v) is 1.89. The summed E-state index contributed by atoms with van der Waals surface area (Å²) in [6, 6.07) is 0. The molecule has 0 aliphatic carbocycles. The summed E-state index contributed by atoms with van der Waals surface area (Å²) >= 11 is 0. The summed E-state index contributed by atoms with van der Waals surface area (Å²) < 4.78 is 0. The van der Waals surface area contributed by atoms with Crippen molar-refractivity contribution in [2.45, 2.75) is 13.8 Å².